The first kappa shape index (κ1) is 12.5. The molecule has 0 aromatic carbocycles. The van der Waals surface area contributed by atoms with E-state index < -0.39 is 0 Å². The van der Waals surface area contributed by atoms with E-state index in [-0.39, 0.29) is 12.0 Å². The maximum atomic E-state index is 11.7. The largest absolute Gasteiger partial charge is 0.461 e. The van der Waals surface area contributed by atoms with Crippen molar-refractivity contribution in [2.75, 3.05) is 6.61 Å². The highest BCUT2D eigenvalue weighted by Crippen LogP contribution is 2.25. The van der Waals surface area contributed by atoms with Crippen LogP contribution in [0.25, 0.3) is 0 Å². The smallest absolute Gasteiger partial charge is 0.357 e. The summed E-state index contributed by atoms with van der Waals surface area (Å²) in [6.07, 6.45) is 4.87. The van der Waals surface area contributed by atoms with Gasteiger partial charge in [0.25, 0.3) is 0 Å². The summed E-state index contributed by atoms with van der Waals surface area (Å²) in [7, 11) is 0. The molecule has 0 bridgehead atoms. The molecule has 2 rings (SSSR count). The van der Waals surface area contributed by atoms with Gasteiger partial charge >= 0.3 is 5.97 Å². The van der Waals surface area contributed by atoms with E-state index in [1.807, 2.05) is 6.92 Å². The fourth-order valence-corrected chi connectivity index (χ4v) is 2.78. The van der Waals surface area contributed by atoms with Crippen molar-refractivity contribution in [2.45, 2.75) is 38.6 Å². The van der Waals surface area contributed by atoms with Gasteiger partial charge in [-0.1, -0.05) is 12.8 Å². The van der Waals surface area contributed by atoms with Crippen molar-refractivity contribution in [1.29, 1.82) is 0 Å². The van der Waals surface area contributed by atoms with Crippen molar-refractivity contribution in [1.82, 2.24) is 4.98 Å². The molecule has 1 aliphatic carbocycles. The van der Waals surface area contributed by atoms with Crippen LogP contribution >= 0.6 is 11.3 Å². The minimum Gasteiger partial charge on any atom is -0.461 e. The Bertz CT molecular complexity index is 384. The van der Waals surface area contributed by atoms with Crippen LogP contribution in [-0.4, -0.2) is 17.6 Å². The Morgan fingerprint density at radius 3 is 2.94 bits per heavy atom. The van der Waals surface area contributed by atoms with Crippen LogP contribution in [-0.2, 0) is 4.74 Å². The molecule has 1 atom stereocenters. The number of nitrogens with zero attached hydrogens (tertiary/aromatic N) is 1. The lowest BCUT2D eigenvalue weighted by Gasteiger charge is -2.08. The van der Waals surface area contributed by atoms with Crippen LogP contribution < -0.4 is 5.73 Å². The topological polar surface area (TPSA) is 65.2 Å². The lowest BCUT2D eigenvalue weighted by molar-refractivity contribution is 0.0436. The molecule has 0 radical (unpaired) electrons. The van der Waals surface area contributed by atoms with Gasteiger partial charge in [0.05, 0.1) is 12.6 Å². The van der Waals surface area contributed by atoms with Crippen molar-refractivity contribution < 1.29 is 9.53 Å². The second-order valence-corrected chi connectivity index (χ2v) is 5.50. The minimum atomic E-state index is -0.319. The van der Waals surface area contributed by atoms with Gasteiger partial charge in [0.2, 0.25) is 0 Å². The molecule has 5 heteroatoms. The fourth-order valence-electron chi connectivity index (χ4n) is 2.04. The van der Waals surface area contributed by atoms with Gasteiger partial charge in [0, 0.05) is 5.38 Å². The molecule has 2 N–H and O–H groups in total. The summed E-state index contributed by atoms with van der Waals surface area (Å²) in [6, 6.07) is -0.128. The molecule has 1 aromatic rings. The number of nitrogens with two attached hydrogens (primary N) is 1. The maximum Gasteiger partial charge on any atom is 0.357 e. The normalized spacial score (nSPS) is 18.2. The first-order valence-corrected chi connectivity index (χ1v) is 6.93. The second kappa shape index (κ2) is 5.60. The van der Waals surface area contributed by atoms with Crippen LogP contribution in [0.4, 0.5) is 0 Å². The van der Waals surface area contributed by atoms with Crippen LogP contribution in [0.15, 0.2) is 5.38 Å². The molecule has 1 aromatic heterocycles. The first-order valence-electron chi connectivity index (χ1n) is 6.05. The van der Waals surface area contributed by atoms with Gasteiger partial charge in [-0.05, 0) is 25.7 Å². The van der Waals surface area contributed by atoms with Crippen LogP contribution in [0.1, 0.15) is 54.1 Å². The van der Waals surface area contributed by atoms with E-state index >= 15 is 0 Å². The third kappa shape index (κ3) is 3.26. The van der Waals surface area contributed by atoms with Gasteiger partial charge in [0.1, 0.15) is 5.01 Å². The van der Waals surface area contributed by atoms with E-state index in [0.29, 0.717) is 18.2 Å². The predicted molar refractivity (Wildman–Crippen MR) is 67.0 cm³/mol. The van der Waals surface area contributed by atoms with Crippen molar-refractivity contribution >= 4 is 17.3 Å². The predicted octanol–water partition coefficient (Wildman–Crippen LogP) is 2.51. The molecule has 1 saturated carbocycles. The molecule has 94 valence electrons. The molecule has 0 amide bonds. The Kier molecular flexibility index (Phi) is 4.12. The fraction of sp³-hybridized carbons (Fsp3) is 0.667. The number of esters is 1. The highest BCUT2D eigenvalue weighted by Gasteiger charge is 2.19. The van der Waals surface area contributed by atoms with Crippen molar-refractivity contribution in [3.8, 4) is 0 Å². The molecule has 0 aliphatic heterocycles. The minimum absolute atomic E-state index is 0.128. The Morgan fingerprint density at radius 1 is 1.65 bits per heavy atom. The standard InChI is InChI=1S/C12H18N2O2S/c1-8(13)11-14-10(7-17-11)12(15)16-6-9-4-2-3-5-9/h7-9H,2-6,13H2,1H3. The number of ether oxygens (including phenoxy) is 1. The molecule has 1 heterocycles. The Labute approximate surface area is 105 Å². The lowest BCUT2D eigenvalue weighted by Crippen LogP contribution is -2.13. The Balaban J connectivity index is 1.85. The number of aromatic nitrogens is 1. The summed E-state index contributed by atoms with van der Waals surface area (Å²) < 4.78 is 5.27. The summed E-state index contributed by atoms with van der Waals surface area (Å²) in [5.41, 5.74) is 6.09. The van der Waals surface area contributed by atoms with Crippen molar-refractivity contribution in [3.05, 3.63) is 16.1 Å². The third-order valence-electron chi connectivity index (χ3n) is 3.05. The Morgan fingerprint density at radius 2 is 2.35 bits per heavy atom. The number of thiazole rings is 1. The van der Waals surface area contributed by atoms with Crippen LogP contribution in [0.2, 0.25) is 0 Å². The highest BCUT2D eigenvalue weighted by atomic mass is 32.1. The molecule has 1 fully saturated rings. The number of carbonyl (C=O) groups excluding carboxylic acids is 1. The van der Waals surface area contributed by atoms with Gasteiger partial charge in [-0.3, -0.25) is 0 Å². The molecular formula is C12H18N2O2S. The van der Waals surface area contributed by atoms with E-state index in [0.717, 1.165) is 5.01 Å². The van der Waals surface area contributed by atoms with Gasteiger partial charge < -0.3 is 10.5 Å². The first-order chi connectivity index (χ1) is 8.16. The van der Waals surface area contributed by atoms with Crippen molar-refractivity contribution in [3.63, 3.8) is 0 Å². The lowest BCUT2D eigenvalue weighted by atomic mass is 10.1. The van der Waals surface area contributed by atoms with Crippen LogP contribution in [0.5, 0.6) is 0 Å². The van der Waals surface area contributed by atoms with Gasteiger partial charge in [-0.2, -0.15) is 0 Å². The monoisotopic (exact) mass is 254 g/mol. The van der Waals surface area contributed by atoms with E-state index in [9.17, 15) is 4.79 Å². The second-order valence-electron chi connectivity index (χ2n) is 4.61. The zero-order chi connectivity index (χ0) is 12.3. The Hall–Kier alpha value is -0.940. The quantitative estimate of drug-likeness (QED) is 0.838. The average molecular weight is 254 g/mol. The highest BCUT2D eigenvalue weighted by molar-refractivity contribution is 7.09. The number of rotatable bonds is 4. The molecule has 4 nitrogen and oxygen atoms in total. The molecular weight excluding hydrogens is 236 g/mol. The maximum absolute atomic E-state index is 11.7. The molecule has 1 unspecified atom stereocenters. The van der Waals surface area contributed by atoms with E-state index in [1.165, 1.54) is 37.0 Å². The van der Waals surface area contributed by atoms with Crippen molar-refractivity contribution in [2.24, 2.45) is 11.7 Å². The summed E-state index contributed by atoms with van der Waals surface area (Å²) >= 11 is 1.41. The zero-order valence-electron chi connectivity index (χ0n) is 10.0. The van der Waals surface area contributed by atoms with E-state index in [1.54, 1.807) is 5.38 Å². The van der Waals surface area contributed by atoms with Crippen LogP contribution in [0, 0.1) is 5.92 Å². The van der Waals surface area contributed by atoms with E-state index in [2.05, 4.69) is 4.98 Å². The van der Waals surface area contributed by atoms with E-state index in [4.69, 9.17) is 10.5 Å². The van der Waals surface area contributed by atoms with Gasteiger partial charge in [0.15, 0.2) is 5.69 Å². The average Bonchev–Trinajstić information content (AvgIpc) is 2.96. The summed E-state index contributed by atoms with van der Waals surface area (Å²) in [6.45, 7) is 2.39. The molecule has 0 spiro atoms. The molecule has 17 heavy (non-hydrogen) atoms. The van der Waals surface area contributed by atoms with Crippen LogP contribution in [0.3, 0.4) is 0 Å². The molecule has 1 aliphatic rings. The number of carbonyl (C=O) groups is 1. The summed E-state index contributed by atoms with van der Waals surface area (Å²) in [5.74, 6) is 0.227. The van der Waals surface area contributed by atoms with Gasteiger partial charge in [-0.25, -0.2) is 9.78 Å². The van der Waals surface area contributed by atoms with Gasteiger partial charge in [-0.15, -0.1) is 11.3 Å². The SMILES string of the molecule is CC(N)c1nc(C(=O)OCC2CCCC2)cs1. The zero-order valence-corrected chi connectivity index (χ0v) is 10.8. The summed E-state index contributed by atoms with van der Waals surface area (Å²) in [5, 5.41) is 2.49. The number of hydrogen-bond acceptors (Lipinski definition) is 5. The third-order valence-corrected chi connectivity index (χ3v) is 4.09. The summed E-state index contributed by atoms with van der Waals surface area (Å²) in [4.78, 5) is 15.9. The number of hydrogen-bond donors (Lipinski definition) is 1. The molecule has 0 saturated heterocycles.